The molecule has 0 spiro atoms. The number of fused-ring (bicyclic) bond motifs is 1. The summed E-state index contributed by atoms with van der Waals surface area (Å²) in [4.78, 5) is 0. The SMILES string of the molecule is CCOP(=O)(OCC)C(=Cc1ccc(O)c2c1CCCC2(C)C)P(=O)(OCC)OCC. The fourth-order valence-electron chi connectivity index (χ4n) is 4.11. The molecule has 1 aromatic rings. The molecule has 0 unspecified atom stereocenters. The van der Waals surface area contributed by atoms with Crippen molar-refractivity contribution >= 4 is 21.3 Å². The van der Waals surface area contributed by atoms with E-state index in [1.807, 2.05) is 0 Å². The highest BCUT2D eigenvalue weighted by Gasteiger charge is 2.45. The van der Waals surface area contributed by atoms with Crippen LogP contribution in [0.4, 0.5) is 0 Å². The van der Waals surface area contributed by atoms with Crippen molar-refractivity contribution in [1.82, 2.24) is 0 Å². The highest BCUT2D eigenvalue weighted by Crippen LogP contribution is 2.74. The molecular weight excluding hydrogens is 438 g/mol. The van der Waals surface area contributed by atoms with Crippen LogP contribution in [0.2, 0.25) is 0 Å². The highest BCUT2D eigenvalue weighted by molar-refractivity contribution is 7.79. The van der Waals surface area contributed by atoms with E-state index in [-0.39, 0.29) is 42.6 Å². The summed E-state index contributed by atoms with van der Waals surface area (Å²) in [6.45, 7) is 11.4. The summed E-state index contributed by atoms with van der Waals surface area (Å²) >= 11 is 0. The van der Waals surface area contributed by atoms with Crippen LogP contribution in [0.15, 0.2) is 17.2 Å². The van der Waals surface area contributed by atoms with Gasteiger partial charge in [0.15, 0.2) is 5.06 Å². The molecule has 0 atom stereocenters. The lowest BCUT2D eigenvalue weighted by molar-refractivity contribution is 0.214. The number of aromatic hydroxyl groups is 1. The monoisotopic (exact) mass is 474 g/mol. The van der Waals surface area contributed by atoms with Crippen molar-refractivity contribution in [3.05, 3.63) is 33.9 Å². The molecule has 0 saturated carbocycles. The van der Waals surface area contributed by atoms with Crippen molar-refractivity contribution in [3.8, 4) is 5.75 Å². The molecule has 176 valence electrons. The standard InChI is InChI=1S/C22H36O7P2/c1-7-26-30(24,27-8-2)20(31(25,28-9-3)29-10-4)16-17-13-14-19(23)21-18(17)12-11-15-22(21,5)6/h13-14,16,23H,7-12,15H2,1-6H3. The summed E-state index contributed by atoms with van der Waals surface area (Å²) in [5.41, 5.74) is 2.29. The Morgan fingerprint density at radius 3 is 1.90 bits per heavy atom. The zero-order valence-electron chi connectivity index (χ0n) is 19.5. The molecule has 9 heteroatoms. The fraction of sp³-hybridized carbons (Fsp3) is 0.636. The van der Waals surface area contributed by atoms with Crippen LogP contribution in [0, 0.1) is 0 Å². The van der Waals surface area contributed by atoms with Gasteiger partial charge in [-0.15, -0.1) is 0 Å². The summed E-state index contributed by atoms with van der Waals surface area (Å²) in [7, 11) is -7.94. The first-order valence-electron chi connectivity index (χ1n) is 10.9. The first-order valence-corrected chi connectivity index (χ1v) is 14.0. The summed E-state index contributed by atoms with van der Waals surface area (Å²) < 4.78 is 49.7. The smallest absolute Gasteiger partial charge is 0.369 e. The molecule has 0 fully saturated rings. The molecule has 0 aromatic heterocycles. The second-order valence-corrected chi connectivity index (χ2v) is 12.3. The molecule has 1 aliphatic carbocycles. The molecule has 1 aliphatic rings. The zero-order valence-corrected chi connectivity index (χ0v) is 21.3. The predicted molar refractivity (Wildman–Crippen MR) is 124 cm³/mol. The molecule has 0 aliphatic heterocycles. The Bertz CT molecular complexity index is 840. The summed E-state index contributed by atoms with van der Waals surface area (Å²) in [6, 6.07) is 3.36. The van der Waals surface area contributed by atoms with Gasteiger partial charge in [-0.2, -0.15) is 0 Å². The van der Waals surface area contributed by atoms with E-state index in [9.17, 15) is 14.2 Å². The van der Waals surface area contributed by atoms with Crippen LogP contribution in [-0.4, -0.2) is 31.5 Å². The maximum atomic E-state index is 13.8. The second kappa shape index (κ2) is 10.8. The molecule has 0 bridgehead atoms. The average molecular weight is 474 g/mol. The molecule has 2 rings (SSSR count). The van der Waals surface area contributed by atoms with Crippen LogP contribution < -0.4 is 0 Å². The molecule has 1 N–H and O–H groups in total. The Kier molecular flexibility index (Phi) is 9.15. The summed E-state index contributed by atoms with van der Waals surface area (Å²) in [5.74, 6) is 0.231. The molecular formula is C22H36O7P2. The average Bonchev–Trinajstić information content (AvgIpc) is 2.67. The van der Waals surface area contributed by atoms with Gasteiger partial charge in [-0.1, -0.05) is 19.9 Å². The van der Waals surface area contributed by atoms with Gasteiger partial charge in [0.1, 0.15) is 5.75 Å². The van der Waals surface area contributed by atoms with E-state index in [0.29, 0.717) is 5.56 Å². The van der Waals surface area contributed by atoms with E-state index < -0.39 is 15.2 Å². The van der Waals surface area contributed by atoms with Crippen molar-refractivity contribution in [1.29, 1.82) is 0 Å². The number of phenols is 1. The molecule has 31 heavy (non-hydrogen) atoms. The van der Waals surface area contributed by atoms with Crippen molar-refractivity contribution in [2.24, 2.45) is 0 Å². The quantitative estimate of drug-likeness (QED) is 0.351. The number of hydrogen-bond acceptors (Lipinski definition) is 7. The van der Waals surface area contributed by atoms with E-state index in [4.69, 9.17) is 18.1 Å². The topological polar surface area (TPSA) is 91.3 Å². The molecule has 0 heterocycles. The minimum Gasteiger partial charge on any atom is -0.508 e. The minimum atomic E-state index is -3.97. The van der Waals surface area contributed by atoms with Crippen LogP contribution in [0.5, 0.6) is 5.75 Å². The Morgan fingerprint density at radius 1 is 0.968 bits per heavy atom. The molecule has 0 saturated heterocycles. The maximum absolute atomic E-state index is 13.8. The van der Waals surface area contributed by atoms with E-state index in [0.717, 1.165) is 30.4 Å². The van der Waals surface area contributed by atoms with E-state index >= 15 is 0 Å². The van der Waals surface area contributed by atoms with Crippen LogP contribution in [0.25, 0.3) is 6.08 Å². The van der Waals surface area contributed by atoms with Crippen molar-refractivity contribution in [2.45, 2.75) is 66.2 Å². The largest absolute Gasteiger partial charge is 0.508 e. The molecule has 0 amide bonds. The molecule has 0 radical (unpaired) electrons. The van der Waals surface area contributed by atoms with Gasteiger partial charge in [0, 0.05) is 5.56 Å². The fourth-order valence-corrected chi connectivity index (χ4v) is 8.63. The Balaban J connectivity index is 2.82. The lowest BCUT2D eigenvalue weighted by Gasteiger charge is -2.34. The van der Waals surface area contributed by atoms with E-state index in [1.165, 1.54) is 0 Å². The van der Waals surface area contributed by atoms with Gasteiger partial charge in [0.05, 0.1) is 26.4 Å². The van der Waals surface area contributed by atoms with Gasteiger partial charge in [-0.05, 0) is 75.6 Å². The number of hydrogen-bond donors (Lipinski definition) is 1. The van der Waals surface area contributed by atoms with E-state index in [2.05, 4.69) is 13.8 Å². The van der Waals surface area contributed by atoms with Gasteiger partial charge < -0.3 is 23.2 Å². The molecule has 7 nitrogen and oxygen atoms in total. The van der Waals surface area contributed by atoms with Crippen LogP contribution in [0.1, 0.15) is 71.1 Å². The Labute approximate surface area is 186 Å². The maximum Gasteiger partial charge on any atom is 0.369 e. The number of benzene rings is 1. The van der Waals surface area contributed by atoms with Crippen LogP contribution >= 0.6 is 15.2 Å². The normalized spacial score (nSPS) is 16.1. The van der Waals surface area contributed by atoms with Gasteiger partial charge >= 0.3 is 15.2 Å². The second-order valence-electron chi connectivity index (χ2n) is 7.93. The predicted octanol–water partition coefficient (Wildman–Crippen LogP) is 6.84. The van der Waals surface area contributed by atoms with E-state index in [1.54, 1.807) is 45.9 Å². The van der Waals surface area contributed by atoms with Crippen LogP contribution in [-0.2, 0) is 39.1 Å². The molecule has 1 aromatic carbocycles. The third-order valence-corrected chi connectivity index (χ3v) is 10.5. The lowest BCUT2D eigenvalue weighted by atomic mass is 9.71. The summed E-state index contributed by atoms with van der Waals surface area (Å²) in [6.07, 6.45) is 4.20. The summed E-state index contributed by atoms with van der Waals surface area (Å²) in [5, 5.41) is 10.5. The van der Waals surface area contributed by atoms with Gasteiger partial charge in [-0.25, -0.2) is 0 Å². The first-order chi connectivity index (χ1) is 14.6. The Hall–Kier alpha value is -0.940. The van der Waals surface area contributed by atoms with Gasteiger partial charge in [0.2, 0.25) is 0 Å². The van der Waals surface area contributed by atoms with Gasteiger partial charge in [-0.3, -0.25) is 9.13 Å². The Morgan fingerprint density at radius 2 is 1.45 bits per heavy atom. The third-order valence-electron chi connectivity index (χ3n) is 5.27. The van der Waals surface area contributed by atoms with Crippen molar-refractivity contribution < 1.29 is 32.3 Å². The minimum absolute atomic E-state index is 0.105. The lowest BCUT2D eigenvalue weighted by Crippen LogP contribution is -2.24. The first kappa shape index (κ1) is 26.3. The van der Waals surface area contributed by atoms with Crippen LogP contribution in [0.3, 0.4) is 0 Å². The number of rotatable bonds is 11. The van der Waals surface area contributed by atoms with Crippen molar-refractivity contribution in [3.63, 3.8) is 0 Å². The number of phenolic OH excluding ortho intramolecular Hbond substituents is 1. The highest BCUT2D eigenvalue weighted by atomic mass is 31.2. The zero-order chi connectivity index (χ0) is 23.3. The van der Waals surface area contributed by atoms with Gasteiger partial charge in [0.25, 0.3) is 0 Å². The third kappa shape index (κ3) is 5.71. The van der Waals surface area contributed by atoms with Crippen molar-refractivity contribution in [2.75, 3.05) is 26.4 Å².